The van der Waals surface area contributed by atoms with Crippen LogP contribution in [0.2, 0.25) is 0 Å². The molecule has 0 nitrogen and oxygen atoms in total. The second-order valence-corrected chi connectivity index (χ2v) is 13.6. The molecule has 2 aromatic carbocycles. The van der Waals surface area contributed by atoms with Gasteiger partial charge in [0.1, 0.15) is 0 Å². The first-order valence-electron chi connectivity index (χ1n) is 12.5. The van der Waals surface area contributed by atoms with Crippen LogP contribution in [-0.2, 0) is 11.8 Å². The van der Waals surface area contributed by atoms with Crippen molar-refractivity contribution < 1.29 is 0 Å². The molecular formula is C28H43PS. The normalized spacial score (nSPS) is 11.6. The summed E-state index contributed by atoms with van der Waals surface area (Å²) in [6, 6.07) is 20.1. The van der Waals surface area contributed by atoms with E-state index in [-0.39, 0.29) is 0 Å². The summed E-state index contributed by atoms with van der Waals surface area (Å²) in [4.78, 5) is 0. The minimum Gasteiger partial charge on any atom is -0.0876 e. The van der Waals surface area contributed by atoms with Gasteiger partial charge in [-0.1, -0.05) is 163 Å². The standard InChI is InChI=1S/C28H43PS/c1-2-3-4-5-6-7-8-9-10-11-12-13-14-21-26-29(30,27-22-17-15-18-23-27)28-24-19-16-20-25-28/h15-20,22-25H,2-14,21,26H2,1H3. The van der Waals surface area contributed by atoms with Crippen molar-refractivity contribution in [2.45, 2.75) is 96.8 Å². The Labute approximate surface area is 191 Å². The molecule has 166 valence electrons. The number of benzene rings is 2. The van der Waals surface area contributed by atoms with Crippen molar-refractivity contribution in [3.8, 4) is 0 Å². The summed E-state index contributed by atoms with van der Waals surface area (Å²) in [6.07, 6.45) is 20.8. The predicted molar refractivity (Wildman–Crippen MR) is 142 cm³/mol. The maximum atomic E-state index is 6.34. The minimum absolute atomic E-state index is 1.16. The van der Waals surface area contributed by atoms with Gasteiger partial charge in [-0.2, -0.15) is 0 Å². The number of hydrogen-bond donors (Lipinski definition) is 0. The summed E-state index contributed by atoms with van der Waals surface area (Å²) in [5.74, 6) is 0. The summed E-state index contributed by atoms with van der Waals surface area (Å²) < 4.78 is 0. The van der Waals surface area contributed by atoms with Gasteiger partial charge in [-0.3, -0.25) is 0 Å². The van der Waals surface area contributed by atoms with Crippen LogP contribution in [0.15, 0.2) is 60.7 Å². The minimum atomic E-state index is -1.68. The van der Waals surface area contributed by atoms with Crippen molar-refractivity contribution >= 4 is 28.5 Å². The van der Waals surface area contributed by atoms with E-state index in [4.69, 9.17) is 11.8 Å². The average molecular weight is 443 g/mol. The Morgan fingerprint density at radius 2 is 0.833 bits per heavy atom. The Balaban J connectivity index is 1.60. The third kappa shape index (κ3) is 9.49. The zero-order valence-electron chi connectivity index (χ0n) is 19.2. The van der Waals surface area contributed by atoms with E-state index in [9.17, 15) is 0 Å². The van der Waals surface area contributed by atoms with Crippen LogP contribution in [0.4, 0.5) is 0 Å². The molecule has 0 aliphatic carbocycles. The fourth-order valence-electron chi connectivity index (χ4n) is 4.27. The van der Waals surface area contributed by atoms with Crippen LogP contribution in [0.3, 0.4) is 0 Å². The van der Waals surface area contributed by atoms with Gasteiger partial charge in [-0.15, -0.1) is 0 Å². The topological polar surface area (TPSA) is 0 Å². The van der Waals surface area contributed by atoms with Crippen LogP contribution in [0.5, 0.6) is 0 Å². The van der Waals surface area contributed by atoms with E-state index in [2.05, 4.69) is 67.6 Å². The van der Waals surface area contributed by atoms with Gasteiger partial charge in [-0.25, -0.2) is 0 Å². The Hall–Kier alpha value is -0.910. The Morgan fingerprint density at radius 3 is 1.20 bits per heavy atom. The molecule has 0 saturated heterocycles. The van der Waals surface area contributed by atoms with E-state index >= 15 is 0 Å². The lowest BCUT2D eigenvalue weighted by atomic mass is 10.0. The highest BCUT2D eigenvalue weighted by Gasteiger charge is 2.21. The summed E-state index contributed by atoms with van der Waals surface area (Å²) in [5.41, 5.74) is 0. The van der Waals surface area contributed by atoms with Crippen LogP contribution in [-0.4, -0.2) is 6.16 Å². The highest BCUT2D eigenvalue weighted by atomic mass is 32.4. The zero-order valence-corrected chi connectivity index (χ0v) is 20.9. The van der Waals surface area contributed by atoms with E-state index in [0.717, 1.165) is 6.16 Å². The van der Waals surface area contributed by atoms with Gasteiger partial charge in [0.2, 0.25) is 0 Å². The average Bonchev–Trinajstić information content (AvgIpc) is 2.80. The molecule has 0 unspecified atom stereocenters. The van der Waals surface area contributed by atoms with Gasteiger partial charge in [0.15, 0.2) is 0 Å². The molecule has 0 atom stereocenters. The van der Waals surface area contributed by atoms with Crippen molar-refractivity contribution in [2.75, 3.05) is 6.16 Å². The summed E-state index contributed by atoms with van der Waals surface area (Å²) in [5, 5.41) is 2.75. The van der Waals surface area contributed by atoms with Crippen molar-refractivity contribution in [1.82, 2.24) is 0 Å². The molecule has 0 aliphatic rings. The highest BCUT2D eigenvalue weighted by Crippen LogP contribution is 2.44. The third-order valence-corrected chi connectivity index (χ3v) is 11.2. The van der Waals surface area contributed by atoms with Crippen LogP contribution >= 0.6 is 6.04 Å². The molecule has 2 rings (SSSR count). The largest absolute Gasteiger partial charge is 0.0876 e. The van der Waals surface area contributed by atoms with Gasteiger partial charge in [0.25, 0.3) is 0 Å². The van der Waals surface area contributed by atoms with E-state index in [1.165, 1.54) is 101 Å². The number of hydrogen-bond acceptors (Lipinski definition) is 1. The van der Waals surface area contributed by atoms with Crippen molar-refractivity contribution in [3.05, 3.63) is 60.7 Å². The van der Waals surface area contributed by atoms with Gasteiger partial charge in [-0.05, 0) is 23.2 Å². The molecule has 0 aliphatic heterocycles. The molecule has 0 fully saturated rings. The summed E-state index contributed by atoms with van der Waals surface area (Å²) >= 11 is 6.34. The van der Waals surface area contributed by atoms with Gasteiger partial charge >= 0.3 is 0 Å². The second kappa shape index (κ2) is 15.8. The Morgan fingerprint density at radius 1 is 0.500 bits per heavy atom. The molecule has 0 spiro atoms. The van der Waals surface area contributed by atoms with Gasteiger partial charge < -0.3 is 0 Å². The number of rotatable bonds is 17. The zero-order chi connectivity index (χ0) is 21.3. The van der Waals surface area contributed by atoms with Crippen LogP contribution in [0, 0.1) is 0 Å². The maximum absolute atomic E-state index is 6.34. The first kappa shape index (κ1) is 25.4. The highest BCUT2D eigenvalue weighted by molar-refractivity contribution is 8.21. The molecule has 0 aromatic heterocycles. The van der Waals surface area contributed by atoms with Crippen LogP contribution in [0.1, 0.15) is 96.8 Å². The quantitative estimate of drug-likeness (QED) is 0.174. The van der Waals surface area contributed by atoms with E-state index in [0.29, 0.717) is 0 Å². The molecular weight excluding hydrogens is 399 g/mol. The van der Waals surface area contributed by atoms with Gasteiger partial charge in [0, 0.05) is 6.04 Å². The van der Waals surface area contributed by atoms with E-state index < -0.39 is 6.04 Å². The molecule has 2 aromatic rings. The lowest BCUT2D eigenvalue weighted by Gasteiger charge is -2.23. The van der Waals surface area contributed by atoms with Crippen LogP contribution in [0.25, 0.3) is 0 Å². The van der Waals surface area contributed by atoms with Crippen molar-refractivity contribution in [1.29, 1.82) is 0 Å². The fourth-order valence-corrected chi connectivity index (χ4v) is 8.18. The fraction of sp³-hybridized carbons (Fsp3) is 0.571. The predicted octanol–water partition coefficient (Wildman–Crippen LogP) is 8.60. The molecule has 0 heterocycles. The first-order valence-corrected chi connectivity index (χ1v) is 15.5. The Kier molecular flexibility index (Phi) is 13.4. The molecule has 30 heavy (non-hydrogen) atoms. The summed E-state index contributed by atoms with van der Waals surface area (Å²) in [7, 11) is 0. The lowest BCUT2D eigenvalue weighted by Crippen LogP contribution is -2.18. The lowest BCUT2D eigenvalue weighted by molar-refractivity contribution is 0.538. The van der Waals surface area contributed by atoms with Gasteiger partial charge in [0.05, 0.1) is 0 Å². The molecule has 0 saturated carbocycles. The molecule has 0 amide bonds. The van der Waals surface area contributed by atoms with E-state index in [1.807, 2.05) is 0 Å². The smallest absolute Gasteiger partial charge is 0.0106 e. The molecule has 0 N–H and O–H groups in total. The molecule has 0 radical (unpaired) electrons. The third-order valence-electron chi connectivity index (χ3n) is 6.17. The summed E-state index contributed by atoms with van der Waals surface area (Å²) in [6.45, 7) is 2.29. The van der Waals surface area contributed by atoms with Crippen molar-refractivity contribution in [3.63, 3.8) is 0 Å². The van der Waals surface area contributed by atoms with E-state index in [1.54, 1.807) is 0 Å². The maximum Gasteiger partial charge on any atom is 0.0106 e. The number of unbranched alkanes of at least 4 members (excludes halogenated alkanes) is 13. The van der Waals surface area contributed by atoms with Crippen molar-refractivity contribution in [2.24, 2.45) is 0 Å². The second-order valence-electron chi connectivity index (χ2n) is 8.73. The monoisotopic (exact) mass is 442 g/mol. The Bertz CT molecular complexity index is 652. The molecule has 0 bridgehead atoms. The molecule has 2 heteroatoms. The first-order chi connectivity index (χ1) is 14.8. The SMILES string of the molecule is CCCCCCCCCCCCCCCCP(=S)(c1ccccc1)c1ccccc1. The van der Waals surface area contributed by atoms with Crippen LogP contribution < -0.4 is 10.6 Å².